The van der Waals surface area contributed by atoms with E-state index in [2.05, 4.69) is 15.5 Å². The highest BCUT2D eigenvalue weighted by Gasteiger charge is 2.32. The van der Waals surface area contributed by atoms with Crippen LogP contribution in [-0.2, 0) is 9.59 Å². The number of carbonyl (C=O) groups excluding carboxylic acids is 1. The number of benzene rings is 1. The maximum Gasteiger partial charge on any atom is 0.305 e. The normalized spacial score (nSPS) is 19.3. The van der Waals surface area contributed by atoms with Crippen LogP contribution in [0.1, 0.15) is 12.0 Å². The number of carboxylic acids is 1. The minimum atomic E-state index is -1.08. The molecule has 1 amide bonds. The Morgan fingerprint density at radius 2 is 2.35 bits per heavy atom. The Morgan fingerprint density at radius 3 is 3.00 bits per heavy atom. The molecule has 0 radical (unpaired) electrons. The van der Waals surface area contributed by atoms with Gasteiger partial charge in [-0.2, -0.15) is 5.10 Å². The van der Waals surface area contributed by atoms with E-state index in [0.29, 0.717) is 5.75 Å². The fourth-order valence-corrected chi connectivity index (χ4v) is 2.85. The van der Waals surface area contributed by atoms with E-state index in [-0.39, 0.29) is 22.2 Å². The molecule has 1 aromatic rings. The predicted molar refractivity (Wildman–Crippen MR) is 84.8 cm³/mol. The van der Waals surface area contributed by atoms with E-state index in [1.807, 2.05) is 0 Å². The summed E-state index contributed by atoms with van der Waals surface area (Å²) in [5.41, 5.74) is 0.204. The first-order valence-electron chi connectivity index (χ1n) is 6.24. The molecule has 2 rings (SSSR count). The van der Waals surface area contributed by atoms with Gasteiger partial charge in [-0.15, -0.1) is 5.10 Å². The Hall–Kier alpha value is -2.13. The molecule has 23 heavy (non-hydrogen) atoms. The fraction of sp³-hybridized carbons (Fsp3) is 0.231. The maximum atomic E-state index is 13.4. The Morgan fingerprint density at radius 1 is 1.61 bits per heavy atom. The van der Waals surface area contributed by atoms with E-state index >= 15 is 0 Å². The van der Waals surface area contributed by atoms with Crippen LogP contribution in [0.15, 0.2) is 22.3 Å². The highest BCUT2D eigenvalue weighted by Crippen LogP contribution is 2.27. The fourth-order valence-electron chi connectivity index (χ4n) is 1.73. The third-order valence-electron chi connectivity index (χ3n) is 2.78. The van der Waals surface area contributed by atoms with Crippen LogP contribution in [0.3, 0.4) is 0 Å². The number of amidine groups is 1. The van der Waals surface area contributed by atoms with Crippen LogP contribution < -0.4 is 10.1 Å². The Kier molecular flexibility index (Phi) is 5.56. The number of carboxylic acid groups (broad SMARTS) is 1. The van der Waals surface area contributed by atoms with Crippen molar-refractivity contribution in [1.82, 2.24) is 5.32 Å². The van der Waals surface area contributed by atoms with Crippen LogP contribution in [0, 0.1) is 5.82 Å². The van der Waals surface area contributed by atoms with Crippen molar-refractivity contribution < 1.29 is 23.8 Å². The number of aliphatic carboxylic acids is 1. The Bertz CT molecular complexity index is 711. The monoisotopic (exact) mass is 359 g/mol. The molecule has 1 aromatic carbocycles. The molecule has 10 heteroatoms. The molecular formula is C13H11ClFN3O4S. The van der Waals surface area contributed by atoms with Crippen LogP contribution in [0.2, 0.25) is 5.02 Å². The van der Waals surface area contributed by atoms with Gasteiger partial charge >= 0.3 is 5.97 Å². The lowest BCUT2D eigenvalue weighted by Gasteiger charge is -2.06. The number of hydrogen-bond acceptors (Lipinski definition) is 6. The second kappa shape index (κ2) is 7.42. The molecule has 1 unspecified atom stereocenters. The van der Waals surface area contributed by atoms with E-state index in [4.69, 9.17) is 21.4 Å². The lowest BCUT2D eigenvalue weighted by Crippen LogP contribution is -2.26. The van der Waals surface area contributed by atoms with Crippen molar-refractivity contribution in [2.45, 2.75) is 11.7 Å². The second-order valence-corrected chi connectivity index (χ2v) is 5.89. The zero-order valence-electron chi connectivity index (χ0n) is 11.7. The van der Waals surface area contributed by atoms with E-state index in [0.717, 1.165) is 17.8 Å². The average molecular weight is 360 g/mol. The first kappa shape index (κ1) is 17.2. The molecule has 0 bridgehead atoms. The molecule has 0 saturated carbocycles. The van der Waals surface area contributed by atoms with E-state index in [1.54, 1.807) is 0 Å². The molecule has 1 saturated heterocycles. The zero-order valence-corrected chi connectivity index (χ0v) is 13.3. The summed E-state index contributed by atoms with van der Waals surface area (Å²) in [6.45, 7) is 0. The van der Waals surface area contributed by atoms with Crippen molar-refractivity contribution in [3.63, 3.8) is 0 Å². The van der Waals surface area contributed by atoms with Crippen LogP contribution in [0.5, 0.6) is 5.75 Å². The number of halogens is 2. The molecule has 1 heterocycles. The van der Waals surface area contributed by atoms with Gasteiger partial charge in [0.25, 0.3) is 0 Å². The van der Waals surface area contributed by atoms with Gasteiger partial charge in [0.1, 0.15) is 16.8 Å². The summed E-state index contributed by atoms with van der Waals surface area (Å²) in [6, 6.07) is 2.55. The summed E-state index contributed by atoms with van der Waals surface area (Å²) in [4.78, 5) is 22.2. The van der Waals surface area contributed by atoms with Crippen molar-refractivity contribution in [2.24, 2.45) is 10.2 Å². The Balaban J connectivity index is 2.15. The van der Waals surface area contributed by atoms with E-state index < -0.39 is 22.9 Å². The summed E-state index contributed by atoms with van der Waals surface area (Å²) in [7, 11) is 1.40. The highest BCUT2D eigenvalue weighted by molar-refractivity contribution is 8.15. The number of nitrogens with one attached hydrogen (secondary N) is 1. The van der Waals surface area contributed by atoms with Gasteiger partial charge in [0, 0.05) is 0 Å². The van der Waals surface area contributed by atoms with Gasteiger partial charge in [0.2, 0.25) is 5.91 Å². The van der Waals surface area contributed by atoms with Gasteiger partial charge in [-0.3, -0.25) is 9.59 Å². The molecule has 0 aliphatic carbocycles. The summed E-state index contributed by atoms with van der Waals surface area (Å²) in [6.07, 6.45) is 0.872. The van der Waals surface area contributed by atoms with Crippen molar-refractivity contribution in [1.29, 1.82) is 0 Å². The minimum absolute atomic E-state index is 0.156. The topological polar surface area (TPSA) is 100 Å². The number of nitrogens with zero attached hydrogens (tertiary/aromatic N) is 2. The van der Waals surface area contributed by atoms with Gasteiger partial charge in [0.15, 0.2) is 5.17 Å². The van der Waals surface area contributed by atoms with Crippen LogP contribution >= 0.6 is 23.4 Å². The highest BCUT2D eigenvalue weighted by atomic mass is 35.5. The third kappa shape index (κ3) is 4.20. The van der Waals surface area contributed by atoms with E-state index in [9.17, 15) is 14.0 Å². The molecular weight excluding hydrogens is 349 g/mol. The lowest BCUT2D eigenvalue weighted by atomic mass is 10.2. The summed E-state index contributed by atoms with van der Waals surface area (Å²) < 4.78 is 18.5. The molecule has 1 fully saturated rings. The quantitative estimate of drug-likeness (QED) is 0.617. The van der Waals surface area contributed by atoms with Gasteiger partial charge in [-0.05, 0) is 12.1 Å². The SMILES string of the molecule is COc1ccc(F)c(Cl)c1C=NN=C1NC(=O)C(CC(=O)O)S1. The molecule has 7 nitrogen and oxygen atoms in total. The van der Waals surface area contributed by atoms with Gasteiger partial charge in [-0.1, -0.05) is 23.4 Å². The predicted octanol–water partition coefficient (Wildman–Crippen LogP) is 1.88. The number of hydrogen-bond donors (Lipinski definition) is 2. The number of amides is 1. The van der Waals surface area contributed by atoms with Crippen LogP contribution in [0.4, 0.5) is 4.39 Å². The van der Waals surface area contributed by atoms with Crippen molar-refractivity contribution in [2.75, 3.05) is 7.11 Å². The van der Waals surface area contributed by atoms with Gasteiger partial charge in [0.05, 0.1) is 30.3 Å². The number of ether oxygens (including phenoxy) is 1. The molecule has 1 aliphatic rings. The number of carbonyl (C=O) groups is 2. The third-order valence-corrected chi connectivity index (χ3v) is 4.24. The lowest BCUT2D eigenvalue weighted by molar-refractivity contribution is -0.138. The van der Waals surface area contributed by atoms with Crippen LogP contribution in [0.25, 0.3) is 0 Å². The standard InChI is InChI=1S/C13H11ClFN3O4S/c1-22-8-3-2-7(15)11(14)6(8)5-16-18-13-17-12(21)9(23-13)4-10(19)20/h2-3,5,9H,4H2,1H3,(H,19,20)(H,17,18,21). The number of thioether (sulfide) groups is 1. The molecule has 1 aliphatic heterocycles. The number of rotatable bonds is 5. The second-order valence-electron chi connectivity index (χ2n) is 4.32. The number of methoxy groups -OCH3 is 1. The zero-order chi connectivity index (χ0) is 17.0. The van der Waals surface area contributed by atoms with Crippen molar-refractivity contribution in [3.05, 3.63) is 28.5 Å². The maximum absolute atomic E-state index is 13.4. The van der Waals surface area contributed by atoms with Crippen molar-refractivity contribution in [3.8, 4) is 5.75 Å². The van der Waals surface area contributed by atoms with Gasteiger partial charge < -0.3 is 15.2 Å². The molecule has 2 N–H and O–H groups in total. The summed E-state index contributed by atoms with van der Waals surface area (Å²) in [5.74, 6) is -1.86. The largest absolute Gasteiger partial charge is 0.496 e. The first-order valence-corrected chi connectivity index (χ1v) is 7.50. The first-order chi connectivity index (χ1) is 10.9. The Labute approximate surface area is 139 Å². The minimum Gasteiger partial charge on any atom is -0.496 e. The summed E-state index contributed by atoms with van der Waals surface area (Å²) >= 11 is 6.80. The molecule has 0 spiro atoms. The average Bonchev–Trinajstić information content (AvgIpc) is 2.83. The van der Waals surface area contributed by atoms with Crippen LogP contribution in [-0.4, -0.2) is 40.7 Å². The molecule has 0 aromatic heterocycles. The molecule has 122 valence electrons. The molecule has 1 atom stereocenters. The smallest absolute Gasteiger partial charge is 0.305 e. The van der Waals surface area contributed by atoms with E-state index in [1.165, 1.54) is 19.4 Å². The van der Waals surface area contributed by atoms with Crippen molar-refractivity contribution >= 4 is 46.6 Å². The van der Waals surface area contributed by atoms with Gasteiger partial charge in [-0.25, -0.2) is 4.39 Å². The summed E-state index contributed by atoms with van der Waals surface area (Å²) in [5, 5.41) is 17.8.